The topological polar surface area (TPSA) is 77.2 Å². The quantitative estimate of drug-likeness (QED) is 0.590. The lowest BCUT2D eigenvalue weighted by molar-refractivity contribution is -0.136. The number of aromatic nitrogens is 3. The summed E-state index contributed by atoms with van der Waals surface area (Å²) in [6, 6.07) is 14.9. The molecule has 0 amide bonds. The Morgan fingerprint density at radius 1 is 1.26 bits per heavy atom. The number of hydrogen-bond acceptors (Lipinski definition) is 5. The number of aryl methyl sites for hydroxylation is 1. The molecule has 0 aliphatic heterocycles. The number of benzene rings is 2. The van der Waals surface area contributed by atoms with Gasteiger partial charge >= 0.3 is 5.97 Å². The molecule has 140 valence electrons. The highest BCUT2D eigenvalue weighted by molar-refractivity contribution is 8.00. The molecular formula is C19H18ClN3O3S. The van der Waals surface area contributed by atoms with E-state index in [1.54, 1.807) is 23.6 Å². The molecule has 0 radical (unpaired) electrons. The summed E-state index contributed by atoms with van der Waals surface area (Å²) in [6.07, 6.45) is 0. The van der Waals surface area contributed by atoms with Gasteiger partial charge in [-0.3, -0.25) is 9.36 Å². The molecule has 0 fully saturated rings. The van der Waals surface area contributed by atoms with E-state index < -0.39 is 11.2 Å². The van der Waals surface area contributed by atoms with Crippen LogP contribution in [0.25, 0.3) is 5.69 Å². The molecule has 0 aliphatic carbocycles. The van der Waals surface area contributed by atoms with E-state index in [0.29, 0.717) is 16.0 Å². The molecular weight excluding hydrogens is 386 g/mol. The fraction of sp³-hybridized carbons (Fsp3) is 0.211. The molecule has 3 aromatic rings. The van der Waals surface area contributed by atoms with Gasteiger partial charge in [0, 0.05) is 5.02 Å². The lowest BCUT2D eigenvalue weighted by atomic mass is 10.2. The van der Waals surface area contributed by atoms with Crippen LogP contribution in [-0.2, 0) is 11.4 Å². The molecule has 8 heteroatoms. The predicted molar refractivity (Wildman–Crippen MR) is 105 cm³/mol. The summed E-state index contributed by atoms with van der Waals surface area (Å²) >= 11 is 7.25. The van der Waals surface area contributed by atoms with Crippen LogP contribution in [0.5, 0.6) is 5.75 Å². The Hall–Kier alpha value is -2.51. The highest BCUT2D eigenvalue weighted by Gasteiger charge is 2.21. The normalized spacial score (nSPS) is 12.0. The van der Waals surface area contributed by atoms with E-state index in [-0.39, 0.29) is 6.61 Å². The van der Waals surface area contributed by atoms with Crippen molar-refractivity contribution in [1.82, 2.24) is 14.8 Å². The molecule has 2 aromatic carbocycles. The lowest BCUT2D eigenvalue weighted by Gasteiger charge is -2.13. The van der Waals surface area contributed by atoms with Crippen LogP contribution in [0, 0.1) is 6.92 Å². The Labute approximate surface area is 166 Å². The minimum absolute atomic E-state index is 0.187. The maximum Gasteiger partial charge on any atom is 0.316 e. The van der Waals surface area contributed by atoms with Crippen LogP contribution in [0.2, 0.25) is 5.02 Å². The van der Waals surface area contributed by atoms with E-state index in [4.69, 9.17) is 16.3 Å². The third kappa shape index (κ3) is 4.61. The van der Waals surface area contributed by atoms with E-state index in [9.17, 15) is 9.90 Å². The molecule has 1 heterocycles. The molecule has 6 nitrogen and oxygen atoms in total. The molecule has 0 saturated heterocycles. The zero-order valence-electron chi connectivity index (χ0n) is 14.8. The van der Waals surface area contributed by atoms with Crippen molar-refractivity contribution in [3.8, 4) is 11.4 Å². The van der Waals surface area contributed by atoms with Crippen LogP contribution in [-0.4, -0.2) is 31.1 Å². The van der Waals surface area contributed by atoms with Crippen molar-refractivity contribution in [3.63, 3.8) is 0 Å². The van der Waals surface area contributed by atoms with E-state index >= 15 is 0 Å². The first-order valence-electron chi connectivity index (χ1n) is 8.24. The van der Waals surface area contributed by atoms with Crippen LogP contribution in [0.4, 0.5) is 0 Å². The van der Waals surface area contributed by atoms with Gasteiger partial charge in [0.1, 0.15) is 17.6 Å². The Morgan fingerprint density at radius 3 is 2.74 bits per heavy atom. The van der Waals surface area contributed by atoms with Crippen LogP contribution >= 0.6 is 23.4 Å². The maximum atomic E-state index is 11.2. The number of ether oxygens (including phenoxy) is 1. The predicted octanol–water partition coefficient (Wildman–Crippen LogP) is 4.37. The monoisotopic (exact) mass is 403 g/mol. The van der Waals surface area contributed by atoms with Gasteiger partial charge in [-0.2, -0.15) is 0 Å². The number of carboxylic acid groups (broad SMARTS) is 1. The molecule has 0 bridgehead atoms. The first-order valence-corrected chi connectivity index (χ1v) is 9.49. The number of carbonyl (C=O) groups is 1. The molecule has 1 atom stereocenters. The second-order valence-corrected chi connectivity index (χ2v) is 7.61. The number of para-hydroxylation sites is 1. The third-order valence-electron chi connectivity index (χ3n) is 3.85. The number of hydrogen-bond donors (Lipinski definition) is 1. The minimum atomic E-state index is -0.918. The van der Waals surface area contributed by atoms with Crippen LogP contribution < -0.4 is 4.74 Å². The van der Waals surface area contributed by atoms with Gasteiger partial charge < -0.3 is 9.84 Å². The summed E-state index contributed by atoms with van der Waals surface area (Å²) in [7, 11) is 0. The summed E-state index contributed by atoms with van der Waals surface area (Å²) < 4.78 is 7.67. The first-order chi connectivity index (χ1) is 13.0. The molecule has 0 spiro atoms. The standard InChI is InChI=1S/C19H18ClN3O3S/c1-12-6-3-4-9-16(12)26-11-17-21-22-19(27-13(2)18(24)25)23(17)15-8-5-7-14(20)10-15/h3-10,13H,11H2,1-2H3,(H,24,25)/t13-/m0/s1. The maximum absolute atomic E-state index is 11.2. The van der Waals surface area contributed by atoms with Gasteiger partial charge in [-0.1, -0.05) is 47.6 Å². The Balaban J connectivity index is 1.94. The molecule has 0 unspecified atom stereocenters. The van der Waals surface area contributed by atoms with Gasteiger partial charge in [-0.25, -0.2) is 0 Å². The number of aliphatic carboxylic acids is 1. The number of halogens is 1. The van der Waals surface area contributed by atoms with Crippen molar-refractivity contribution < 1.29 is 14.6 Å². The van der Waals surface area contributed by atoms with Crippen molar-refractivity contribution in [1.29, 1.82) is 0 Å². The van der Waals surface area contributed by atoms with E-state index in [0.717, 1.165) is 28.8 Å². The Kier molecular flexibility index (Phi) is 6.03. The molecule has 3 rings (SSSR count). The highest BCUT2D eigenvalue weighted by Crippen LogP contribution is 2.28. The SMILES string of the molecule is Cc1ccccc1OCc1nnc(S[C@@H](C)C(=O)O)n1-c1cccc(Cl)c1. The van der Waals surface area contributed by atoms with Crippen molar-refractivity contribution in [3.05, 3.63) is 64.9 Å². The fourth-order valence-electron chi connectivity index (χ4n) is 2.41. The van der Waals surface area contributed by atoms with Crippen molar-refractivity contribution >= 4 is 29.3 Å². The fourth-order valence-corrected chi connectivity index (χ4v) is 3.42. The molecule has 0 saturated carbocycles. The zero-order valence-corrected chi connectivity index (χ0v) is 16.4. The van der Waals surface area contributed by atoms with Crippen LogP contribution in [0.3, 0.4) is 0 Å². The van der Waals surface area contributed by atoms with Crippen molar-refractivity contribution in [2.45, 2.75) is 30.9 Å². The van der Waals surface area contributed by atoms with Gasteiger partial charge in [0.05, 0.1) is 5.69 Å². The van der Waals surface area contributed by atoms with Gasteiger partial charge in [0.25, 0.3) is 0 Å². The number of carboxylic acids is 1. The third-order valence-corrected chi connectivity index (χ3v) is 5.11. The van der Waals surface area contributed by atoms with E-state index in [1.807, 2.05) is 43.3 Å². The average Bonchev–Trinajstić information content (AvgIpc) is 3.03. The first kappa shape index (κ1) is 19.3. The second-order valence-electron chi connectivity index (χ2n) is 5.87. The molecule has 0 aliphatic rings. The Morgan fingerprint density at radius 2 is 2.04 bits per heavy atom. The summed E-state index contributed by atoms with van der Waals surface area (Å²) in [4.78, 5) is 11.2. The summed E-state index contributed by atoms with van der Waals surface area (Å²) in [5.41, 5.74) is 1.76. The van der Waals surface area contributed by atoms with E-state index in [2.05, 4.69) is 10.2 Å². The van der Waals surface area contributed by atoms with Gasteiger partial charge in [-0.15, -0.1) is 10.2 Å². The summed E-state index contributed by atoms with van der Waals surface area (Å²) in [5, 5.41) is 18.0. The van der Waals surface area contributed by atoms with Crippen LogP contribution in [0.1, 0.15) is 18.3 Å². The van der Waals surface area contributed by atoms with Gasteiger partial charge in [0.2, 0.25) is 0 Å². The highest BCUT2D eigenvalue weighted by atomic mass is 35.5. The number of thioether (sulfide) groups is 1. The number of nitrogens with zero attached hydrogens (tertiary/aromatic N) is 3. The zero-order chi connectivity index (χ0) is 19.4. The average molecular weight is 404 g/mol. The number of rotatable bonds is 7. The molecule has 1 aromatic heterocycles. The molecule has 27 heavy (non-hydrogen) atoms. The van der Waals surface area contributed by atoms with Crippen LogP contribution in [0.15, 0.2) is 53.7 Å². The summed E-state index contributed by atoms with van der Waals surface area (Å²) in [6.45, 7) is 3.76. The smallest absolute Gasteiger partial charge is 0.316 e. The van der Waals surface area contributed by atoms with Gasteiger partial charge in [0.15, 0.2) is 11.0 Å². The molecule has 1 N–H and O–H groups in total. The van der Waals surface area contributed by atoms with Crippen molar-refractivity contribution in [2.75, 3.05) is 0 Å². The second kappa shape index (κ2) is 8.45. The van der Waals surface area contributed by atoms with Crippen molar-refractivity contribution in [2.24, 2.45) is 0 Å². The summed E-state index contributed by atoms with van der Waals surface area (Å²) in [5.74, 6) is 0.394. The minimum Gasteiger partial charge on any atom is -0.485 e. The largest absolute Gasteiger partial charge is 0.485 e. The lowest BCUT2D eigenvalue weighted by Crippen LogP contribution is -2.13. The van der Waals surface area contributed by atoms with E-state index in [1.165, 1.54) is 0 Å². The Bertz CT molecular complexity index is 961. The van der Waals surface area contributed by atoms with Gasteiger partial charge in [-0.05, 0) is 43.7 Å².